The van der Waals surface area contributed by atoms with Gasteiger partial charge in [0.25, 0.3) is 0 Å². The summed E-state index contributed by atoms with van der Waals surface area (Å²) in [6.07, 6.45) is -1.96. The molecule has 0 aromatic heterocycles. The zero-order valence-electron chi connectivity index (χ0n) is 14.8. The van der Waals surface area contributed by atoms with E-state index in [-0.39, 0.29) is 0 Å². The lowest BCUT2D eigenvalue weighted by Crippen LogP contribution is -2.41. The molecule has 0 saturated heterocycles. The molecule has 0 N–H and O–H groups in total. The van der Waals surface area contributed by atoms with Crippen LogP contribution < -0.4 is 10.0 Å². The van der Waals surface area contributed by atoms with E-state index in [2.05, 4.69) is 4.74 Å². The van der Waals surface area contributed by atoms with Crippen molar-refractivity contribution in [3.05, 3.63) is 29.9 Å². The van der Waals surface area contributed by atoms with Crippen molar-refractivity contribution in [2.45, 2.75) is 75.0 Å². The van der Waals surface area contributed by atoms with Gasteiger partial charge in [0.1, 0.15) is 5.75 Å². The van der Waals surface area contributed by atoms with Crippen molar-refractivity contribution in [3.8, 4) is 5.75 Å². The van der Waals surface area contributed by atoms with Crippen LogP contribution in [0.2, 0.25) is 0 Å². The van der Waals surface area contributed by atoms with Crippen LogP contribution in [0.5, 0.6) is 5.75 Å². The van der Waals surface area contributed by atoms with E-state index in [1.807, 2.05) is 5.62 Å². The first-order valence-corrected chi connectivity index (χ1v) is 11.7. The minimum atomic E-state index is -5.75. The van der Waals surface area contributed by atoms with Crippen molar-refractivity contribution in [3.63, 3.8) is 0 Å². The van der Waals surface area contributed by atoms with Gasteiger partial charge in [-0.1, -0.05) is 12.9 Å². The summed E-state index contributed by atoms with van der Waals surface area (Å²) in [4.78, 5) is 0. The largest absolute Gasteiger partial charge is 0.499 e. The topological polar surface area (TPSA) is 9.23 Å². The second kappa shape index (κ2) is 8.02. The van der Waals surface area contributed by atoms with Gasteiger partial charge in [-0.05, 0) is 75.6 Å². The Bertz CT molecular complexity index is 606. The Labute approximate surface area is 161 Å². The number of rotatable bonds is 6. The molecule has 8 heteroatoms. The summed E-state index contributed by atoms with van der Waals surface area (Å²) in [6, 6.07) is 5.72. The van der Waals surface area contributed by atoms with Crippen LogP contribution in [0.4, 0.5) is 22.0 Å². The molecule has 0 spiro atoms. The Morgan fingerprint density at radius 1 is 0.852 bits per heavy atom. The fraction of sp³-hybridized carbons (Fsp3) is 0.632. The van der Waals surface area contributed by atoms with E-state index < -0.39 is 25.3 Å². The highest BCUT2D eigenvalue weighted by molar-refractivity contribution is 7.87. The normalized spacial score (nSPS) is 20.4. The van der Waals surface area contributed by atoms with Crippen LogP contribution in [0.1, 0.15) is 51.4 Å². The Morgan fingerprint density at radius 3 is 1.67 bits per heavy atom. The molecule has 3 rings (SSSR count). The standard InChI is InChI=1S/C19H23ClF5OP/c20-13-27(15-5-1-2-6-15,16-7-3-4-8-16)17-11-9-14(10-12-17)26-19(24,25)18(21,22)23/h9-13,15-16H,1-8H2. The molecule has 0 aliphatic heterocycles. The minimum Gasteiger partial charge on any atom is -0.426 e. The van der Waals surface area contributed by atoms with E-state index in [0.29, 0.717) is 11.3 Å². The SMILES string of the molecule is FC(F)(F)C(F)(F)Oc1ccc([P+]([CH-]Cl)(C2CCCC2)C2CCCC2)cc1. The first kappa shape index (κ1) is 21.1. The summed E-state index contributed by atoms with van der Waals surface area (Å²) in [5, 5.41) is 0.985. The number of benzene rings is 1. The van der Waals surface area contributed by atoms with Crippen molar-refractivity contribution in [1.82, 2.24) is 0 Å². The average molecular weight is 429 g/mol. The highest BCUT2D eigenvalue weighted by atomic mass is 35.5. The van der Waals surface area contributed by atoms with Crippen LogP contribution in [-0.4, -0.2) is 23.6 Å². The molecular weight excluding hydrogens is 406 g/mol. The predicted molar refractivity (Wildman–Crippen MR) is 99.3 cm³/mol. The smallest absolute Gasteiger partial charge is 0.426 e. The van der Waals surface area contributed by atoms with Gasteiger partial charge in [0, 0.05) is 11.3 Å². The monoisotopic (exact) mass is 428 g/mol. The van der Waals surface area contributed by atoms with Crippen molar-refractivity contribution in [2.24, 2.45) is 0 Å². The maximum absolute atomic E-state index is 13.1. The summed E-state index contributed by atoms with van der Waals surface area (Å²) in [5.41, 5.74) is 2.78. The molecule has 2 aliphatic rings. The summed E-state index contributed by atoms with van der Waals surface area (Å²) < 4.78 is 67.3. The van der Waals surface area contributed by atoms with Crippen molar-refractivity contribution < 1.29 is 26.7 Å². The molecule has 0 heterocycles. The van der Waals surface area contributed by atoms with Crippen LogP contribution in [0.3, 0.4) is 0 Å². The third kappa shape index (κ3) is 4.07. The van der Waals surface area contributed by atoms with Gasteiger partial charge in [0.15, 0.2) is 0 Å². The zero-order valence-corrected chi connectivity index (χ0v) is 16.5. The Kier molecular flexibility index (Phi) is 6.27. The van der Waals surface area contributed by atoms with Gasteiger partial charge in [0.05, 0.1) is 5.30 Å². The van der Waals surface area contributed by atoms with E-state index >= 15 is 0 Å². The first-order valence-electron chi connectivity index (χ1n) is 9.27. The molecule has 0 atom stereocenters. The molecule has 152 valence electrons. The highest BCUT2D eigenvalue weighted by Gasteiger charge is 2.61. The van der Waals surface area contributed by atoms with E-state index in [1.165, 1.54) is 12.1 Å². The lowest BCUT2D eigenvalue weighted by atomic mass is 10.3. The third-order valence-corrected chi connectivity index (χ3v) is 11.8. The van der Waals surface area contributed by atoms with Crippen LogP contribution in [-0.2, 0) is 0 Å². The summed E-state index contributed by atoms with van der Waals surface area (Å²) in [6.45, 7) is 0. The molecular formula is C19H23ClF5OP. The number of halogens is 6. The van der Waals surface area contributed by atoms with Gasteiger partial charge >= 0.3 is 12.3 Å². The Balaban J connectivity index is 1.89. The third-order valence-electron chi connectivity index (χ3n) is 5.88. The van der Waals surface area contributed by atoms with Crippen molar-refractivity contribution >= 4 is 24.2 Å². The Morgan fingerprint density at radius 2 is 1.30 bits per heavy atom. The fourth-order valence-electron chi connectivity index (χ4n) is 4.58. The maximum Gasteiger partial charge on any atom is 0.499 e. The number of hydrogen-bond donors (Lipinski definition) is 0. The lowest BCUT2D eigenvalue weighted by Gasteiger charge is -2.43. The van der Waals surface area contributed by atoms with Gasteiger partial charge < -0.3 is 16.3 Å². The highest BCUT2D eigenvalue weighted by Crippen LogP contribution is 2.75. The molecule has 1 aromatic carbocycles. The molecule has 2 fully saturated rings. The van der Waals surface area contributed by atoms with Crippen LogP contribution in [0.15, 0.2) is 24.3 Å². The van der Waals surface area contributed by atoms with Crippen LogP contribution in [0.25, 0.3) is 0 Å². The molecule has 0 bridgehead atoms. The lowest BCUT2D eigenvalue weighted by molar-refractivity contribution is -0.360. The van der Waals surface area contributed by atoms with Crippen molar-refractivity contribution in [1.29, 1.82) is 0 Å². The Hall–Kier alpha value is -0.610. The molecule has 1 aromatic rings. The number of hydrogen-bond acceptors (Lipinski definition) is 1. The predicted octanol–water partition coefficient (Wildman–Crippen LogP) is 7.11. The molecule has 2 aliphatic carbocycles. The van der Waals surface area contributed by atoms with Gasteiger partial charge in [-0.25, -0.2) is 0 Å². The van der Waals surface area contributed by atoms with E-state index in [9.17, 15) is 22.0 Å². The van der Waals surface area contributed by atoms with Gasteiger partial charge in [0.2, 0.25) is 0 Å². The molecule has 0 unspecified atom stereocenters. The summed E-state index contributed by atoms with van der Waals surface area (Å²) >= 11 is 6.45. The molecule has 0 radical (unpaired) electrons. The second-order valence-corrected chi connectivity index (χ2v) is 11.8. The number of ether oxygens (including phenoxy) is 1. The first-order chi connectivity index (χ1) is 12.7. The van der Waals surface area contributed by atoms with E-state index in [4.69, 9.17) is 11.6 Å². The fourth-order valence-corrected chi connectivity index (χ4v) is 10.8. The van der Waals surface area contributed by atoms with Crippen molar-refractivity contribution in [2.75, 3.05) is 0 Å². The molecule has 0 amide bonds. The maximum atomic E-state index is 13.1. The van der Waals surface area contributed by atoms with Crippen LogP contribution >= 0.6 is 18.9 Å². The quantitative estimate of drug-likeness (QED) is 0.266. The average Bonchev–Trinajstić information content (AvgIpc) is 3.30. The molecule has 2 saturated carbocycles. The summed E-state index contributed by atoms with van der Waals surface area (Å²) in [7, 11) is -1.85. The van der Waals surface area contributed by atoms with Crippen LogP contribution in [0, 0.1) is 5.62 Å². The number of alkyl halides is 5. The molecule has 27 heavy (non-hydrogen) atoms. The van der Waals surface area contributed by atoms with E-state index in [1.54, 1.807) is 12.1 Å². The second-order valence-electron chi connectivity index (χ2n) is 7.42. The summed E-state index contributed by atoms with van der Waals surface area (Å²) in [5.74, 6) is -0.494. The molecule has 1 nitrogen and oxygen atoms in total. The van der Waals surface area contributed by atoms with Gasteiger partial charge in [-0.2, -0.15) is 22.0 Å². The van der Waals surface area contributed by atoms with E-state index in [0.717, 1.165) is 56.7 Å². The minimum absolute atomic E-state index is 0.474. The van der Waals surface area contributed by atoms with Gasteiger partial charge in [-0.15, -0.1) is 0 Å². The van der Waals surface area contributed by atoms with Gasteiger partial charge in [-0.3, -0.25) is 0 Å². The zero-order chi connectivity index (χ0) is 19.7.